The highest BCUT2D eigenvalue weighted by molar-refractivity contribution is 7.99. The average Bonchev–Trinajstić information content (AvgIpc) is 3.61. The van der Waals surface area contributed by atoms with Crippen molar-refractivity contribution in [2.75, 3.05) is 50.8 Å². The van der Waals surface area contributed by atoms with Crippen LogP contribution < -0.4 is 0 Å². The van der Waals surface area contributed by atoms with Gasteiger partial charge >= 0.3 is 0 Å². The summed E-state index contributed by atoms with van der Waals surface area (Å²) in [5, 5.41) is 27.9. The summed E-state index contributed by atoms with van der Waals surface area (Å²) < 4.78 is 7.82. The second kappa shape index (κ2) is 17.3. The van der Waals surface area contributed by atoms with Crippen molar-refractivity contribution >= 4 is 23.5 Å². The van der Waals surface area contributed by atoms with Crippen LogP contribution >= 0.6 is 23.5 Å². The summed E-state index contributed by atoms with van der Waals surface area (Å²) in [4.78, 5) is 5.35. The van der Waals surface area contributed by atoms with E-state index in [4.69, 9.17) is 0 Å². The Morgan fingerprint density at radius 2 is 0.983 bits per heavy atom. The van der Waals surface area contributed by atoms with Gasteiger partial charge in [0.05, 0.1) is 0 Å². The van der Waals surface area contributed by atoms with E-state index in [1.54, 1.807) is 47.0 Å². The Balaban J connectivity index is 0.000000154. The molecular formula is C46H60N12S2. The van der Waals surface area contributed by atoms with Gasteiger partial charge in [0, 0.05) is 65.2 Å². The van der Waals surface area contributed by atoms with Gasteiger partial charge in [-0.1, -0.05) is 83.2 Å². The van der Waals surface area contributed by atoms with Gasteiger partial charge in [0.1, 0.15) is 11.4 Å². The van der Waals surface area contributed by atoms with Crippen LogP contribution in [-0.4, -0.2) is 110 Å². The number of hydrogen-bond donors (Lipinski definition) is 0. The first-order chi connectivity index (χ1) is 29.1. The van der Waals surface area contributed by atoms with Gasteiger partial charge in [-0.15, -0.1) is 20.4 Å². The maximum absolute atomic E-state index is 4.39. The minimum absolute atomic E-state index is 0.560. The molecule has 0 bridgehead atoms. The molecule has 2 aliphatic heterocycles. The summed E-state index contributed by atoms with van der Waals surface area (Å²) in [6, 6.07) is 22.4. The summed E-state index contributed by atoms with van der Waals surface area (Å²) in [6.45, 7) is 11.7. The maximum atomic E-state index is 4.39. The van der Waals surface area contributed by atoms with Gasteiger partial charge in [-0.3, -0.25) is 9.36 Å². The lowest BCUT2D eigenvalue weighted by molar-refractivity contribution is 0.319. The van der Waals surface area contributed by atoms with Crippen LogP contribution in [0.5, 0.6) is 0 Å². The second-order valence-electron chi connectivity index (χ2n) is 17.9. The third-order valence-corrected chi connectivity index (χ3v) is 16.0. The number of hydrogen-bond acceptors (Lipinski definition) is 10. The molecular weight excluding hydrogens is 785 g/mol. The van der Waals surface area contributed by atoms with E-state index in [2.05, 4.69) is 112 Å². The highest BCUT2D eigenvalue weighted by Gasteiger charge is 2.58. The average molecular weight is 845 g/mol. The molecule has 2 saturated heterocycles. The molecule has 60 heavy (non-hydrogen) atoms. The van der Waals surface area contributed by atoms with E-state index < -0.39 is 0 Å². The van der Waals surface area contributed by atoms with Crippen LogP contribution in [0.1, 0.15) is 72.6 Å². The van der Waals surface area contributed by atoms with Gasteiger partial charge in [-0.05, 0) is 124 Å². The van der Waals surface area contributed by atoms with Crippen molar-refractivity contribution in [3.8, 4) is 23.0 Å². The van der Waals surface area contributed by atoms with Crippen LogP contribution in [0.15, 0.2) is 83.4 Å². The van der Waals surface area contributed by atoms with Gasteiger partial charge < -0.3 is 18.9 Å². The molecule has 10 rings (SSSR count). The number of aryl methyl sites for hydroxylation is 4. The minimum Gasteiger partial charge on any atom is -0.304 e. The molecule has 2 spiro atoms. The zero-order valence-electron chi connectivity index (χ0n) is 36.2. The lowest BCUT2D eigenvalue weighted by atomic mass is 9.98. The van der Waals surface area contributed by atoms with Gasteiger partial charge in [0.15, 0.2) is 22.0 Å². The molecule has 4 fully saturated rings. The molecule has 4 aliphatic rings. The lowest BCUT2D eigenvalue weighted by Gasteiger charge is -2.16. The SMILES string of the molecule is Cc1ccc([C@@H]2C[C@@]23CCN(CCCSc2nnc(-c4ccnn4C)n2C)C3)cc1.Cc1ccc([C@H]2C[C@]23CCN(CCCSc2nnc(-c4ccnn4C)n2C)C3)cc1. The fraction of sp³-hybridized carbons (Fsp3) is 0.522. The zero-order valence-corrected chi connectivity index (χ0v) is 37.8. The molecule has 4 aromatic heterocycles. The van der Waals surface area contributed by atoms with Crippen molar-refractivity contribution in [1.29, 1.82) is 0 Å². The Hall–Kier alpha value is -4.24. The van der Waals surface area contributed by atoms with Crippen molar-refractivity contribution in [3.63, 3.8) is 0 Å². The van der Waals surface area contributed by atoms with E-state index in [0.717, 1.165) is 56.7 Å². The smallest absolute Gasteiger partial charge is 0.191 e. The molecule has 6 heterocycles. The molecule has 12 nitrogen and oxygen atoms in total. The van der Waals surface area contributed by atoms with E-state index in [-0.39, 0.29) is 0 Å². The number of aromatic nitrogens is 10. The van der Waals surface area contributed by atoms with Crippen molar-refractivity contribution < 1.29 is 0 Å². The zero-order chi connectivity index (χ0) is 41.4. The molecule has 0 unspecified atom stereocenters. The number of benzene rings is 2. The lowest BCUT2D eigenvalue weighted by Crippen LogP contribution is -2.23. The predicted octanol–water partition coefficient (Wildman–Crippen LogP) is 7.77. The van der Waals surface area contributed by atoms with Crippen LogP contribution in [0, 0.1) is 24.7 Å². The van der Waals surface area contributed by atoms with Crippen LogP contribution in [0.2, 0.25) is 0 Å². The van der Waals surface area contributed by atoms with Gasteiger partial charge in [-0.25, -0.2) is 0 Å². The maximum Gasteiger partial charge on any atom is 0.191 e. The third-order valence-electron chi connectivity index (χ3n) is 13.7. The first-order valence-corrected chi connectivity index (χ1v) is 23.7. The largest absolute Gasteiger partial charge is 0.304 e. The fourth-order valence-corrected chi connectivity index (χ4v) is 11.6. The molecule has 0 radical (unpaired) electrons. The Labute approximate surface area is 363 Å². The first-order valence-electron chi connectivity index (χ1n) is 21.7. The Morgan fingerprint density at radius 3 is 1.37 bits per heavy atom. The van der Waals surface area contributed by atoms with E-state index in [1.807, 2.05) is 49.7 Å². The molecule has 6 aromatic rings. The summed E-state index contributed by atoms with van der Waals surface area (Å²) in [7, 11) is 7.94. The van der Waals surface area contributed by atoms with E-state index in [0.29, 0.717) is 10.8 Å². The van der Waals surface area contributed by atoms with Gasteiger partial charge in [0.2, 0.25) is 0 Å². The molecule has 2 aromatic carbocycles. The molecule has 14 heteroatoms. The van der Waals surface area contributed by atoms with Crippen LogP contribution in [0.4, 0.5) is 0 Å². The molecule has 0 amide bonds. The molecule has 316 valence electrons. The van der Waals surface area contributed by atoms with Crippen LogP contribution in [0.25, 0.3) is 23.0 Å². The normalized spacial score (nSPS) is 23.5. The topological polar surface area (TPSA) is 104 Å². The Morgan fingerprint density at radius 1 is 0.567 bits per heavy atom. The summed E-state index contributed by atoms with van der Waals surface area (Å²) >= 11 is 3.60. The second-order valence-corrected chi connectivity index (χ2v) is 20.1. The molecule has 2 saturated carbocycles. The Kier molecular flexibility index (Phi) is 11.8. The van der Waals surface area contributed by atoms with E-state index in [1.165, 1.54) is 88.9 Å². The highest BCUT2D eigenvalue weighted by Crippen LogP contribution is 2.65. The highest BCUT2D eigenvalue weighted by atomic mass is 32.2. The van der Waals surface area contributed by atoms with Crippen molar-refractivity contribution in [1.82, 2.24) is 58.9 Å². The summed E-state index contributed by atoms with van der Waals surface area (Å²) in [6.07, 6.45) is 11.4. The molecule has 0 N–H and O–H groups in total. The number of likely N-dealkylation sites (tertiary alicyclic amines) is 2. The van der Waals surface area contributed by atoms with E-state index >= 15 is 0 Å². The van der Waals surface area contributed by atoms with Crippen molar-refractivity contribution in [2.45, 2.75) is 74.5 Å². The van der Waals surface area contributed by atoms with Gasteiger partial charge in [-0.2, -0.15) is 10.2 Å². The van der Waals surface area contributed by atoms with Gasteiger partial charge in [0.25, 0.3) is 0 Å². The predicted molar refractivity (Wildman–Crippen MR) is 241 cm³/mol. The number of thioether (sulfide) groups is 2. The van der Waals surface area contributed by atoms with E-state index in [9.17, 15) is 0 Å². The standard InChI is InChI=1S/2C23H30N6S/c2*1-17-5-7-18(8-6-17)19-15-23(19)10-13-29(16-23)12-4-14-30-22-26-25-21(27(22)2)20-9-11-24-28(20)3/h2*5-9,11,19H,4,10,12-16H2,1-3H3/t2*19-,23+/m10/s1. The van der Waals surface area contributed by atoms with Crippen molar-refractivity contribution in [3.05, 3.63) is 95.3 Å². The third kappa shape index (κ3) is 8.62. The van der Waals surface area contributed by atoms with Crippen LogP contribution in [-0.2, 0) is 28.2 Å². The number of rotatable bonds is 14. The monoisotopic (exact) mass is 844 g/mol. The minimum atomic E-state index is 0.560. The first kappa shape index (κ1) is 41.1. The van der Waals surface area contributed by atoms with Crippen LogP contribution in [0.3, 0.4) is 0 Å². The number of nitrogens with zero attached hydrogens (tertiary/aromatic N) is 12. The Bertz CT molecular complexity index is 2210. The quantitative estimate of drug-likeness (QED) is 0.0799. The molecule has 2 aliphatic carbocycles. The van der Waals surface area contributed by atoms with Crippen molar-refractivity contribution in [2.24, 2.45) is 39.0 Å². The summed E-state index contributed by atoms with van der Waals surface area (Å²) in [5.41, 5.74) is 8.91. The fourth-order valence-electron chi connectivity index (χ4n) is 9.90. The summed E-state index contributed by atoms with van der Waals surface area (Å²) in [5.74, 6) is 5.44. The molecule has 4 atom stereocenters.